The molecule has 1 unspecified atom stereocenters. The molecule has 174 valence electrons. The number of halogens is 2. The fourth-order valence-electron chi connectivity index (χ4n) is 4.64. The van der Waals surface area contributed by atoms with Gasteiger partial charge in [0, 0.05) is 49.2 Å². The summed E-state index contributed by atoms with van der Waals surface area (Å²) in [6.45, 7) is 5.97. The number of hydrogen-bond donors (Lipinski definition) is 2. The molecule has 0 spiro atoms. The summed E-state index contributed by atoms with van der Waals surface area (Å²) in [5.41, 5.74) is 3.28. The molecule has 3 heterocycles. The molecular formula is C24H28F2N6O. The molecule has 1 atom stereocenters. The van der Waals surface area contributed by atoms with Crippen molar-refractivity contribution < 1.29 is 13.5 Å². The number of aryl methyl sites for hydroxylation is 1. The highest BCUT2D eigenvalue weighted by Gasteiger charge is 2.27. The summed E-state index contributed by atoms with van der Waals surface area (Å²) < 4.78 is 33.9. The van der Waals surface area contributed by atoms with Crippen LogP contribution in [0.4, 0.5) is 26.1 Å². The van der Waals surface area contributed by atoms with Crippen molar-refractivity contribution in [1.82, 2.24) is 19.7 Å². The van der Waals surface area contributed by atoms with Gasteiger partial charge < -0.3 is 15.4 Å². The quantitative estimate of drug-likeness (QED) is 0.580. The maximum Gasteiger partial charge on any atom is 0.246 e. The second-order valence-corrected chi connectivity index (χ2v) is 8.83. The Morgan fingerprint density at radius 2 is 1.73 bits per heavy atom. The Hall–Kier alpha value is -3.04. The average Bonchev–Trinajstić information content (AvgIpc) is 3.46. The normalized spacial score (nSPS) is 19.7. The van der Waals surface area contributed by atoms with Crippen LogP contribution in [-0.4, -0.2) is 58.1 Å². The van der Waals surface area contributed by atoms with Crippen LogP contribution in [0.1, 0.15) is 24.8 Å². The molecule has 5 rings (SSSR count). The first-order chi connectivity index (χ1) is 16.0. The van der Waals surface area contributed by atoms with Crippen LogP contribution in [0.25, 0.3) is 5.69 Å². The van der Waals surface area contributed by atoms with Crippen molar-refractivity contribution in [3.8, 4) is 5.69 Å². The van der Waals surface area contributed by atoms with Crippen molar-refractivity contribution in [3.63, 3.8) is 0 Å². The zero-order valence-electron chi connectivity index (χ0n) is 18.6. The van der Waals surface area contributed by atoms with Crippen LogP contribution < -0.4 is 10.6 Å². The van der Waals surface area contributed by atoms with Gasteiger partial charge in [0.25, 0.3) is 0 Å². The number of ether oxygens (including phenoxy) is 1. The van der Waals surface area contributed by atoms with Crippen LogP contribution in [0.3, 0.4) is 0 Å². The zero-order valence-corrected chi connectivity index (χ0v) is 18.6. The molecule has 0 bridgehead atoms. The van der Waals surface area contributed by atoms with E-state index in [1.54, 1.807) is 0 Å². The fraction of sp³-hybridized carbons (Fsp3) is 0.417. The maximum absolute atomic E-state index is 13.5. The van der Waals surface area contributed by atoms with Gasteiger partial charge in [0.1, 0.15) is 18.0 Å². The molecule has 2 fully saturated rings. The second kappa shape index (κ2) is 9.44. The Bertz CT molecular complexity index is 1090. The number of benzene rings is 2. The number of aromatic nitrogens is 3. The molecule has 3 aromatic rings. The molecule has 1 aromatic heterocycles. The summed E-state index contributed by atoms with van der Waals surface area (Å²) in [5.74, 6) is -0.970. The lowest BCUT2D eigenvalue weighted by atomic mass is 10.0. The fourth-order valence-corrected chi connectivity index (χ4v) is 4.64. The minimum Gasteiger partial charge on any atom is -0.382 e. The molecule has 2 aliphatic heterocycles. The lowest BCUT2D eigenvalue weighted by Gasteiger charge is -2.36. The van der Waals surface area contributed by atoms with E-state index in [9.17, 15) is 8.78 Å². The average molecular weight is 455 g/mol. The van der Waals surface area contributed by atoms with Gasteiger partial charge in [-0.1, -0.05) is 0 Å². The largest absolute Gasteiger partial charge is 0.382 e. The molecule has 33 heavy (non-hydrogen) atoms. The Morgan fingerprint density at radius 3 is 2.45 bits per heavy atom. The molecule has 0 aliphatic carbocycles. The smallest absolute Gasteiger partial charge is 0.246 e. The third kappa shape index (κ3) is 5.31. The Labute approximate surface area is 191 Å². The minimum absolute atomic E-state index is 0.273. The topological polar surface area (TPSA) is 67.2 Å². The van der Waals surface area contributed by atoms with Gasteiger partial charge in [0.15, 0.2) is 0 Å². The third-order valence-corrected chi connectivity index (χ3v) is 6.26. The number of likely N-dealkylation sites (tertiary alicyclic amines) is 1. The highest BCUT2D eigenvalue weighted by Crippen LogP contribution is 2.25. The first-order valence-corrected chi connectivity index (χ1v) is 11.4. The number of nitrogens with one attached hydrogen (secondary N) is 2. The van der Waals surface area contributed by atoms with Gasteiger partial charge in [-0.05, 0) is 62.1 Å². The van der Waals surface area contributed by atoms with Gasteiger partial charge in [-0.2, -0.15) is 4.98 Å². The van der Waals surface area contributed by atoms with Crippen LogP contribution >= 0.6 is 0 Å². The Morgan fingerprint density at radius 1 is 0.970 bits per heavy atom. The van der Waals surface area contributed by atoms with Crippen LogP contribution in [0, 0.1) is 18.6 Å². The van der Waals surface area contributed by atoms with Gasteiger partial charge in [-0.3, -0.25) is 4.90 Å². The lowest BCUT2D eigenvalue weighted by molar-refractivity contribution is 0.124. The van der Waals surface area contributed by atoms with Gasteiger partial charge in [-0.25, -0.2) is 13.5 Å². The number of piperidine rings is 1. The van der Waals surface area contributed by atoms with E-state index in [4.69, 9.17) is 4.74 Å². The van der Waals surface area contributed by atoms with Crippen molar-refractivity contribution in [2.75, 3.05) is 36.9 Å². The zero-order chi connectivity index (χ0) is 22.8. The molecule has 0 amide bonds. The number of rotatable bonds is 6. The first kappa shape index (κ1) is 21.8. The van der Waals surface area contributed by atoms with Crippen LogP contribution in [0.15, 0.2) is 42.7 Å². The molecule has 0 radical (unpaired) electrons. The van der Waals surface area contributed by atoms with Gasteiger partial charge in [0.05, 0.1) is 12.3 Å². The summed E-state index contributed by atoms with van der Waals surface area (Å²) in [5, 5.41) is 11.2. The van der Waals surface area contributed by atoms with E-state index in [0.717, 1.165) is 68.6 Å². The predicted octanol–water partition coefficient (Wildman–Crippen LogP) is 4.26. The van der Waals surface area contributed by atoms with Crippen molar-refractivity contribution in [1.29, 1.82) is 0 Å². The Balaban J connectivity index is 1.23. The molecular weight excluding hydrogens is 426 g/mol. The summed E-state index contributed by atoms with van der Waals surface area (Å²) in [7, 11) is 0. The van der Waals surface area contributed by atoms with Crippen molar-refractivity contribution >= 4 is 17.3 Å². The molecule has 9 heteroatoms. The van der Waals surface area contributed by atoms with Crippen molar-refractivity contribution in [3.05, 3.63) is 59.9 Å². The van der Waals surface area contributed by atoms with Crippen molar-refractivity contribution in [2.45, 2.75) is 38.3 Å². The third-order valence-electron chi connectivity index (χ3n) is 6.26. The van der Waals surface area contributed by atoms with E-state index >= 15 is 0 Å². The maximum atomic E-state index is 13.5. The summed E-state index contributed by atoms with van der Waals surface area (Å²) in [6.07, 6.45) is 4.77. The predicted molar refractivity (Wildman–Crippen MR) is 123 cm³/mol. The van der Waals surface area contributed by atoms with Crippen LogP contribution in [0.5, 0.6) is 0 Å². The SMILES string of the molecule is Cc1cc(Nc2ncn(-c3cc(F)cc(F)c3)n2)cc(NC2CCN(C3CCOC3)CC2)c1. The summed E-state index contributed by atoms with van der Waals surface area (Å²) >= 11 is 0. The standard InChI is InChI=1S/C24H28F2N6O/c1-16-8-20(28-19-2-5-31(6-3-19)22-4-7-33-14-22)13-21(9-16)29-24-27-15-32(30-24)23-11-17(25)10-18(26)12-23/h8-13,15,19,22,28H,2-7,14H2,1H3,(H,29,30). The van der Waals surface area contributed by atoms with E-state index in [0.29, 0.717) is 18.0 Å². The van der Waals surface area contributed by atoms with Gasteiger partial charge >= 0.3 is 0 Å². The van der Waals surface area contributed by atoms with Crippen molar-refractivity contribution in [2.24, 2.45) is 0 Å². The van der Waals surface area contributed by atoms with E-state index in [1.807, 2.05) is 19.1 Å². The molecule has 7 nitrogen and oxygen atoms in total. The molecule has 2 aromatic carbocycles. The second-order valence-electron chi connectivity index (χ2n) is 8.83. The molecule has 2 aliphatic rings. The van der Waals surface area contributed by atoms with Crippen LogP contribution in [0.2, 0.25) is 0 Å². The number of hydrogen-bond acceptors (Lipinski definition) is 6. The van der Waals surface area contributed by atoms with E-state index in [2.05, 4.69) is 31.7 Å². The van der Waals surface area contributed by atoms with E-state index in [-0.39, 0.29) is 5.69 Å². The monoisotopic (exact) mass is 454 g/mol. The Kier molecular flexibility index (Phi) is 6.24. The highest BCUT2D eigenvalue weighted by atomic mass is 19.1. The minimum atomic E-state index is -0.660. The molecule has 2 saturated heterocycles. The lowest BCUT2D eigenvalue weighted by Crippen LogP contribution is -2.44. The van der Waals surface area contributed by atoms with Crippen LogP contribution in [-0.2, 0) is 4.74 Å². The molecule has 2 N–H and O–H groups in total. The van der Waals surface area contributed by atoms with Gasteiger partial charge in [-0.15, -0.1) is 5.10 Å². The van der Waals surface area contributed by atoms with Gasteiger partial charge in [0.2, 0.25) is 5.95 Å². The first-order valence-electron chi connectivity index (χ1n) is 11.4. The number of anilines is 3. The summed E-state index contributed by atoms with van der Waals surface area (Å²) in [4.78, 5) is 6.78. The highest BCUT2D eigenvalue weighted by molar-refractivity contribution is 5.63. The molecule has 0 saturated carbocycles. The summed E-state index contributed by atoms with van der Waals surface area (Å²) in [6, 6.07) is 10.4. The van der Waals surface area contributed by atoms with E-state index < -0.39 is 11.6 Å². The number of nitrogens with zero attached hydrogens (tertiary/aromatic N) is 4. The van der Waals surface area contributed by atoms with E-state index in [1.165, 1.54) is 23.1 Å².